The van der Waals surface area contributed by atoms with Gasteiger partial charge in [0.1, 0.15) is 0 Å². The summed E-state index contributed by atoms with van der Waals surface area (Å²) in [7, 11) is 0. The van der Waals surface area contributed by atoms with Crippen molar-refractivity contribution in [2.75, 3.05) is 0 Å². The second kappa shape index (κ2) is 6.97. The highest BCUT2D eigenvalue weighted by atomic mass is 35.5. The Balaban J connectivity index is 3.71. The fourth-order valence-corrected chi connectivity index (χ4v) is 0.266. The average Bonchev–Trinajstić information content (AvgIpc) is 1.89. The molecule has 0 aromatic rings. The van der Waals surface area contributed by atoms with E-state index < -0.39 is 0 Å². The van der Waals surface area contributed by atoms with E-state index in [0.29, 0.717) is 0 Å². The van der Waals surface area contributed by atoms with E-state index in [0.717, 1.165) is 6.42 Å². The summed E-state index contributed by atoms with van der Waals surface area (Å²) in [5.74, 6) is 12.7. The summed E-state index contributed by atoms with van der Waals surface area (Å²) in [6.07, 6.45) is 0.822. The van der Waals surface area contributed by atoms with Crippen LogP contribution in [-0.4, -0.2) is 0 Å². The predicted octanol–water partition coefficient (Wildman–Crippen LogP) is 1.60. The Kier molecular flexibility index (Phi) is 6.17. The van der Waals surface area contributed by atoms with Crippen molar-refractivity contribution in [1.29, 1.82) is 0 Å². The van der Waals surface area contributed by atoms with Gasteiger partial charge in [0.2, 0.25) is 0 Å². The molecule has 0 nitrogen and oxygen atoms in total. The van der Waals surface area contributed by atoms with Crippen LogP contribution in [0.2, 0.25) is 0 Å². The van der Waals surface area contributed by atoms with Crippen molar-refractivity contribution in [3.8, 4) is 35.0 Å². The molecule has 0 atom stereocenters. The van der Waals surface area contributed by atoms with Crippen LogP contribution in [0, 0.1) is 35.0 Å². The number of hydrogen-bond donors (Lipinski definition) is 0. The van der Waals surface area contributed by atoms with Gasteiger partial charge in [0.05, 0.1) is 0 Å². The summed E-state index contributed by atoms with van der Waals surface area (Å²) in [5, 5.41) is 2.13. The number of halogens is 1. The standard InChI is InChI=1S/C8H5Cl/c1-2-3-4-5-6-7-8-9/h2H2,1H3. The first-order chi connectivity index (χ1) is 4.41. The molecule has 0 unspecified atom stereocenters. The predicted molar refractivity (Wildman–Crippen MR) is 39.5 cm³/mol. The van der Waals surface area contributed by atoms with Gasteiger partial charge in [-0.25, -0.2) is 0 Å². The lowest BCUT2D eigenvalue weighted by atomic mass is 10.4. The molecule has 0 bridgehead atoms. The van der Waals surface area contributed by atoms with E-state index in [1.807, 2.05) is 6.92 Å². The summed E-state index contributed by atoms with van der Waals surface area (Å²) < 4.78 is 0. The maximum Gasteiger partial charge on any atom is 0.0184 e. The van der Waals surface area contributed by atoms with Crippen LogP contribution < -0.4 is 0 Å². The van der Waals surface area contributed by atoms with Crippen LogP contribution in [0.4, 0.5) is 0 Å². The minimum Gasteiger partial charge on any atom is -0.0894 e. The summed E-state index contributed by atoms with van der Waals surface area (Å²) in [5.41, 5.74) is 0. The van der Waals surface area contributed by atoms with Gasteiger partial charge in [-0.1, -0.05) is 12.8 Å². The van der Waals surface area contributed by atoms with E-state index in [-0.39, 0.29) is 0 Å². The first kappa shape index (κ1) is 7.97. The smallest absolute Gasteiger partial charge is 0.0184 e. The molecule has 0 saturated heterocycles. The molecule has 0 aliphatic rings. The number of hydrogen-bond acceptors (Lipinski definition) is 0. The van der Waals surface area contributed by atoms with Crippen molar-refractivity contribution in [1.82, 2.24) is 0 Å². The second-order valence-corrected chi connectivity index (χ2v) is 1.31. The molecule has 0 radical (unpaired) electrons. The van der Waals surface area contributed by atoms with Gasteiger partial charge >= 0.3 is 0 Å². The molecule has 9 heavy (non-hydrogen) atoms. The molecule has 0 fully saturated rings. The van der Waals surface area contributed by atoms with Crippen LogP contribution in [0.3, 0.4) is 0 Å². The van der Waals surface area contributed by atoms with Crippen molar-refractivity contribution in [2.45, 2.75) is 13.3 Å². The van der Waals surface area contributed by atoms with Crippen LogP contribution in [0.1, 0.15) is 13.3 Å². The van der Waals surface area contributed by atoms with Gasteiger partial charge in [0.15, 0.2) is 0 Å². The lowest BCUT2D eigenvalue weighted by Gasteiger charge is -1.59. The molecule has 0 N–H and O–H groups in total. The van der Waals surface area contributed by atoms with E-state index >= 15 is 0 Å². The molecular weight excluding hydrogens is 132 g/mol. The van der Waals surface area contributed by atoms with Gasteiger partial charge in [-0.05, 0) is 23.4 Å². The molecular formula is C8H5Cl. The summed E-state index contributed by atoms with van der Waals surface area (Å²) in [4.78, 5) is 0. The Morgan fingerprint density at radius 3 is 2.33 bits per heavy atom. The maximum atomic E-state index is 5.00. The molecule has 0 aliphatic heterocycles. The van der Waals surface area contributed by atoms with Gasteiger partial charge in [-0.2, -0.15) is 0 Å². The Morgan fingerprint density at radius 2 is 1.78 bits per heavy atom. The Hall–Kier alpha value is -1.03. The molecule has 0 spiro atoms. The van der Waals surface area contributed by atoms with Crippen LogP contribution >= 0.6 is 11.6 Å². The fourth-order valence-electron chi connectivity index (χ4n) is 0.219. The van der Waals surface area contributed by atoms with Crippen molar-refractivity contribution in [3.05, 3.63) is 0 Å². The molecule has 0 heterocycles. The summed E-state index contributed by atoms with van der Waals surface area (Å²) >= 11 is 5.00. The van der Waals surface area contributed by atoms with E-state index in [1.165, 1.54) is 0 Å². The van der Waals surface area contributed by atoms with Crippen molar-refractivity contribution >= 4 is 11.6 Å². The van der Waals surface area contributed by atoms with Crippen molar-refractivity contribution in [2.24, 2.45) is 0 Å². The highest BCUT2D eigenvalue weighted by Crippen LogP contribution is 1.64. The van der Waals surface area contributed by atoms with Crippen molar-refractivity contribution < 1.29 is 0 Å². The maximum absolute atomic E-state index is 5.00. The van der Waals surface area contributed by atoms with Gasteiger partial charge in [0, 0.05) is 23.6 Å². The minimum atomic E-state index is 0.822. The molecule has 0 rings (SSSR count). The zero-order chi connectivity index (χ0) is 6.95. The normalized spacial score (nSPS) is 4.67. The van der Waals surface area contributed by atoms with E-state index in [4.69, 9.17) is 11.6 Å². The van der Waals surface area contributed by atoms with Gasteiger partial charge < -0.3 is 0 Å². The lowest BCUT2D eigenvalue weighted by Crippen LogP contribution is -1.52. The molecule has 0 amide bonds. The third-order valence-corrected chi connectivity index (χ3v) is 0.594. The zero-order valence-corrected chi connectivity index (χ0v) is 5.84. The van der Waals surface area contributed by atoms with Gasteiger partial charge in [-0.15, -0.1) is 0 Å². The zero-order valence-electron chi connectivity index (χ0n) is 5.09. The third-order valence-electron chi connectivity index (χ3n) is 0.500. The SMILES string of the molecule is CCC#CC#CC#CCl. The Morgan fingerprint density at radius 1 is 1.11 bits per heavy atom. The minimum absolute atomic E-state index is 0.822. The highest BCUT2D eigenvalue weighted by Gasteiger charge is 1.55. The molecule has 1 heteroatoms. The lowest BCUT2D eigenvalue weighted by molar-refractivity contribution is 1.28. The first-order valence-corrected chi connectivity index (χ1v) is 2.88. The summed E-state index contributed by atoms with van der Waals surface area (Å²) in [6.45, 7) is 1.96. The Bertz CT molecular complexity index is 231. The fraction of sp³-hybridized carbons (Fsp3) is 0.250. The van der Waals surface area contributed by atoms with Crippen LogP contribution in [0.25, 0.3) is 0 Å². The van der Waals surface area contributed by atoms with Crippen LogP contribution in [0.15, 0.2) is 0 Å². The second-order valence-electron chi connectivity index (χ2n) is 1.12. The van der Waals surface area contributed by atoms with E-state index in [9.17, 15) is 0 Å². The van der Waals surface area contributed by atoms with Gasteiger partial charge in [-0.3, -0.25) is 0 Å². The summed E-state index contributed by atoms with van der Waals surface area (Å²) in [6, 6.07) is 0. The molecule has 0 aromatic heterocycles. The van der Waals surface area contributed by atoms with E-state index in [1.54, 1.807) is 0 Å². The van der Waals surface area contributed by atoms with Gasteiger partial charge in [0.25, 0.3) is 0 Å². The van der Waals surface area contributed by atoms with Crippen LogP contribution in [-0.2, 0) is 0 Å². The highest BCUT2D eigenvalue weighted by molar-refractivity contribution is 6.30. The monoisotopic (exact) mass is 136 g/mol. The van der Waals surface area contributed by atoms with Crippen LogP contribution in [0.5, 0.6) is 0 Å². The quantitative estimate of drug-likeness (QED) is 0.444. The topological polar surface area (TPSA) is 0 Å². The van der Waals surface area contributed by atoms with Crippen molar-refractivity contribution in [3.63, 3.8) is 0 Å². The third kappa shape index (κ3) is 6.97. The largest absolute Gasteiger partial charge is 0.0894 e. The first-order valence-electron chi connectivity index (χ1n) is 2.50. The number of rotatable bonds is 0. The molecule has 0 aliphatic carbocycles. The Labute approximate surface area is 60.6 Å². The molecule has 0 saturated carbocycles. The molecule has 0 aromatic carbocycles. The average molecular weight is 137 g/mol. The van der Waals surface area contributed by atoms with E-state index in [2.05, 4.69) is 35.0 Å². The molecule has 44 valence electrons.